The van der Waals surface area contributed by atoms with Gasteiger partial charge in [0.1, 0.15) is 4.88 Å². The first kappa shape index (κ1) is 15.5. The van der Waals surface area contributed by atoms with Crippen LogP contribution in [0, 0.1) is 6.92 Å². The average Bonchev–Trinajstić information content (AvgIpc) is 2.77. The van der Waals surface area contributed by atoms with E-state index in [1.165, 1.54) is 6.08 Å². The van der Waals surface area contributed by atoms with E-state index in [1.54, 1.807) is 19.1 Å². The number of carbonyl (C=O) groups is 2. The lowest BCUT2D eigenvalue weighted by atomic mass is 10.2. The van der Waals surface area contributed by atoms with Crippen LogP contribution >= 0.6 is 27.3 Å². The molecule has 0 fully saturated rings. The summed E-state index contributed by atoms with van der Waals surface area (Å²) < 4.78 is 0.935. The summed E-state index contributed by atoms with van der Waals surface area (Å²) in [5.41, 5.74) is 1.53. The predicted octanol–water partition coefficient (Wildman–Crippen LogP) is 4.17. The minimum atomic E-state index is -0.984. The Bertz CT molecular complexity index is 721. The molecule has 0 aliphatic heterocycles. The molecule has 6 heteroatoms. The topological polar surface area (TPSA) is 66.4 Å². The van der Waals surface area contributed by atoms with Gasteiger partial charge in [0.2, 0.25) is 5.91 Å². The second-order valence-corrected chi connectivity index (χ2v) is 6.27. The molecule has 1 amide bonds. The molecule has 0 saturated heterocycles. The van der Waals surface area contributed by atoms with Crippen LogP contribution < -0.4 is 5.32 Å². The van der Waals surface area contributed by atoms with Crippen LogP contribution in [-0.2, 0) is 4.79 Å². The summed E-state index contributed by atoms with van der Waals surface area (Å²) in [5, 5.41) is 12.2. The zero-order valence-corrected chi connectivity index (χ0v) is 13.5. The van der Waals surface area contributed by atoms with E-state index in [1.807, 2.05) is 24.3 Å². The van der Waals surface area contributed by atoms with Crippen molar-refractivity contribution in [3.63, 3.8) is 0 Å². The van der Waals surface area contributed by atoms with Crippen LogP contribution in [0.2, 0.25) is 0 Å². The first-order valence-electron chi connectivity index (χ1n) is 6.04. The lowest BCUT2D eigenvalue weighted by Gasteiger charge is -1.97. The quantitative estimate of drug-likeness (QED) is 0.799. The fourth-order valence-corrected chi connectivity index (χ4v) is 3.03. The largest absolute Gasteiger partial charge is 0.477 e. The highest BCUT2D eigenvalue weighted by molar-refractivity contribution is 9.10. The van der Waals surface area contributed by atoms with Crippen LogP contribution in [0.3, 0.4) is 0 Å². The van der Waals surface area contributed by atoms with Crippen LogP contribution in [0.25, 0.3) is 6.08 Å². The smallest absolute Gasteiger partial charge is 0.346 e. The second-order valence-electron chi connectivity index (χ2n) is 4.31. The minimum absolute atomic E-state index is 0.237. The fourth-order valence-electron chi connectivity index (χ4n) is 1.70. The number of carbonyl (C=O) groups excluding carboxylic acids is 1. The Balaban J connectivity index is 2.05. The zero-order valence-electron chi connectivity index (χ0n) is 11.1. The summed E-state index contributed by atoms with van der Waals surface area (Å²) in [5.74, 6) is -1.28. The van der Waals surface area contributed by atoms with Gasteiger partial charge in [-0.1, -0.05) is 28.1 Å². The number of aromatic carboxylic acids is 1. The van der Waals surface area contributed by atoms with Gasteiger partial charge in [-0.15, -0.1) is 11.3 Å². The SMILES string of the molecule is Cc1cc(NC(=O)/C=C/c2cccc(Br)c2)sc1C(=O)O. The van der Waals surface area contributed by atoms with E-state index in [0.29, 0.717) is 10.6 Å². The van der Waals surface area contributed by atoms with Crippen molar-refractivity contribution in [1.29, 1.82) is 0 Å². The molecule has 0 aliphatic rings. The summed E-state index contributed by atoms with van der Waals surface area (Å²) in [6.45, 7) is 1.70. The predicted molar refractivity (Wildman–Crippen MR) is 87.8 cm³/mol. The molecule has 1 aromatic carbocycles. The summed E-state index contributed by atoms with van der Waals surface area (Å²) in [4.78, 5) is 23.0. The number of benzene rings is 1. The Labute approximate surface area is 134 Å². The molecule has 2 rings (SSSR count). The van der Waals surface area contributed by atoms with Gasteiger partial charge < -0.3 is 10.4 Å². The molecule has 21 heavy (non-hydrogen) atoms. The molecule has 0 aliphatic carbocycles. The van der Waals surface area contributed by atoms with Crippen LogP contribution in [0.15, 0.2) is 40.9 Å². The van der Waals surface area contributed by atoms with Gasteiger partial charge in [0.15, 0.2) is 0 Å². The number of rotatable bonds is 4. The second kappa shape index (κ2) is 6.69. The van der Waals surface area contributed by atoms with E-state index in [-0.39, 0.29) is 10.8 Å². The standard InChI is InChI=1S/C15H12BrNO3S/c1-9-7-13(21-14(9)15(19)20)17-12(18)6-5-10-3-2-4-11(16)8-10/h2-8H,1H3,(H,17,18)(H,19,20)/b6-5+. The lowest BCUT2D eigenvalue weighted by molar-refractivity contribution is -0.111. The maximum atomic E-state index is 11.8. The van der Waals surface area contributed by atoms with Gasteiger partial charge in [-0.2, -0.15) is 0 Å². The number of hydrogen-bond acceptors (Lipinski definition) is 3. The normalized spacial score (nSPS) is 10.8. The third kappa shape index (κ3) is 4.27. The average molecular weight is 366 g/mol. The van der Waals surface area contributed by atoms with E-state index >= 15 is 0 Å². The van der Waals surface area contributed by atoms with E-state index in [4.69, 9.17) is 5.11 Å². The maximum absolute atomic E-state index is 11.8. The van der Waals surface area contributed by atoms with E-state index in [0.717, 1.165) is 21.4 Å². The monoisotopic (exact) mass is 365 g/mol. The number of aryl methyl sites for hydroxylation is 1. The molecular formula is C15H12BrNO3S. The minimum Gasteiger partial charge on any atom is -0.477 e. The highest BCUT2D eigenvalue weighted by Crippen LogP contribution is 2.26. The molecule has 0 spiro atoms. The first-order valence-corrected chi connectivity index (χ1v) is 7.65. The summed E-state index contributed by atoms with van der Waals surface area (Å²) >= 11 is 4.41. The Morgan fingerprint density at radius 3 is 2.71 bits per heavy atom. The van der Waals surface area contributed by atoms with Gasteiger partial charge in [-0.3, -0.25) is 4.79 Å². The maximum Gasteiger partial charge on any atom is 0.346 e. The summed E-state index contributed by atoms with van der Waals surface area (Å²) in [7, 11) is 0. The Hall–Kier alpha value is -1.92. The highest BCUT2D eigenvalue weighted by Gasteiger charge is 2.12. The molecule has 1 aromatic heterocycles. The Kier molecular flexibility index (Phi) is 4.93. The van der Waals surface area contributed by atoms with E-state index in [2.05, 4.69) is 21.2 Å². The van der Waals surface area contributed by atoms with Crippen LogP contribution in [0.4, 0.5) is 5.00 Å². The highest BCUT2D eigenvalue weighted by atomic mass is 79.9. The van der Waals surface area contributed by atoms with E-state index < -0.39 is 5.97 Å². The molecule has 0 atom stereocenters. The third-order valence-corrected chi connectivity index (χ3v) is 4.27. The third-order valence-electron chi connectivity index (χ3n) is 2.63. The lowest BCUT2D eigenvalue weighted by Crippen LogP contribution is -2.06. The zero-order chi connectivity index (χ0) is 15.4. The van der Waals surface area contributed by atoms with Crippen LogP contribution in [-0.4, -0.2) is 17.0 Å². The van der Waals surface area contributed by atoms with Crippen molar-refractivity contribution in [2.45, 2.75) is 6.92 Å². The fraction of sp³-hybridized carbons (Fsp3) is 0.0667. The number of hydrogen-bond donors (Lipinski definition) is 2. The summed E-state index contributed by atoms with van der Waals surface area (Å²) in [6, 6.07) is 9.20. The molecule has 108 valence electrons. The number of amides is 1. The molecule has 4 nitrogen and oxygen atoms in total. The van der Waals surface area contributed by atoms with Crippen molar-refractivity contribution >= 4 is 50.2 Å². The van der Waals surface area contributed by atoms with Gasteiger partial charge in [-0.05, 0) is 42.3 Å². The van der Waals surface area contributed by atoms with Crippen molar-refractivity contribution in [1.82, 2.24) is 0 Å². The molecule has 0 saturated carbocycles. The number of carboxylic acid groups (broad SMARTS) is 1. The molecular weight excluding hydrogens is 354 g/mol. The number of halogens is 1. The van der Waals surface area contributed by atoms with Gasteiger partial charge in [0.05, 0.1) is 5.00 Å². The Morgan fingerprint density at radius 1 is 1.33 bits per heavy atom. The number of carboxylic acids is 1. The molecule has 1 heterocycles. The van der Waals surface area contributed by atoms with Crippen LogP contribution in [0.1, 0.15) is 20.8 Å². The van der Waals surface area contributed by atoms with E-state index in [9.17, 15) is 9.59 Å². The molecule has 2 aromatic rings. The number of thiophene rings is 1. The summed E-state index contributed by atoms with van der Waals surface area (Å²) in [6.07, 6.45) is 3.11. The van der Waals surface area contributed by atoms with Crippen LogP contribution in [0.5, 0.6) is 0 Å². The van der Waals surface area contributed by atoms with Crippen molar-refractivity contribution in [3.05, 3.63) is 56.9 Å². The number of nitrogens with one attached hydrogen (secondary N) is 1. The molecule has 0 unspecified atom stereocenters. The Morgan fingerprint density at radius 2 is 2.10 bits per heavy atom. The molecule has 2 N–H and O–H groups in total. The van der Waals surface area contributed by atoms with Crippen molar-refractivity contribution in [2.24, 2.45) is 0 Å². The first-order chi connectivity index (χ1) is 9.95. The van der Waals surface area contributed by atoms with Gasteiger partial charge in [0, 0.05) is 10.5 Å². The van der Waals surface area contributed by atoms with Crippen molar-refractivity contribution < 1.29 is 14.7 Å². The number of anilines is 1. The molecule has 0 radical (unpaired) electrons. The van der Waals surface area contributed by atoms with Gasteiger partial charge in [0.25, 0.3) is 0 Å². The van der Waals surface area contributed by atoms with Crippen molar-refractivity contribution in [2.75, 3.05) is 5.32 Å². The van der Waals surface area contributed by atoms with Gasteiger partial charge >= 0.3 is 5.97 Å². The van der Waals surface area contributed by atoms with Gasteiger partial charge in [-0.25, -0.2) is 4.79 Å². The van der Waals surface area contributed by atoms with Crippen molar-refractivity contribution in [3.8, 4) is 0 Å². The molecule has 0 bridgehead atoms.